The summed E-state index contributed by atoms with van der Waals surface area (Å²) in [6.07, 6.45) is -0.876. The molecule has 9 heteroatoms. The summed E-state index contributed by atoms with van der Waals surface area (Å²) in [5.74, 6) is -1.21. The number of carbonyl (C=O) groups is 2. The van der Waals surface area contributed by atoms with Gasteiger partial charge in [0.15, 0.2) is 5.75 Å². The first-order valence-electron chi connectivity index (χ1n) is 7.07. The number of rotatable bonds is 5. The number of amides is 1. The molecule has 1 aromatic carbocycles. The number of esters is 1. The van der Waals surface area contributed by atoms with Gasteiger partial charge in [0.1, 0.15) is 11.6 Å². The first-order chi connectivity index (χ1) is 11.0. The molecule has 0 saturated carbocycles. The third-order valence-electron chi connectivity index (χ3n) is 2.85. The van der Waals surface area contributed by atoms with Crippen LogP contribution in [0, 0.1) is 10.1 Å². The first kappa shape index (κ1) is 19.2. The van der Waals surface area contributed by atoms with Gasteiger partial charge in [-0.3, -0.25) is 10.1 Å². The summed E-state index contributed by atoms with van der Waals surface area (Å²) in [6.45, 7) is 5.01. The molecule has 0 spiro atoms. The van der Waals surface area contributed by atoms with Gasteiger partial charge < -0.3 is 19.9 Å². The molecule has 1 aromatic rings. The molecule has 0 aliphatic heterocycles. The second-order valence-electron chi connectivity index (χ2n) is 6.01. The summed E-state index contributed by atoms with van der Waals surface area (Å²) in [6, 6.07) is 2.60. The zero-order valence-electron chi connectivity index (χ0n) is 13.9. The number of aromatic hydroxyl groups is 1. The van der Waals surface area contributed by atoms with E-state index >= 15 is 0 Å². The van der Waals surface area contributed by atoms with Crippen LogP contribution < -0.4 is 5.32 Å². The number of nitrogens with zero attached hydrogens (tertiary/aromatic N) is 1. The van der Waals surface area contributed by atoms with Gasteiger partial charge in [-0.25, -0.2) is 9.59 Å². The van der Waals surface area contributed by atoms with Gasteiger partial charge in [0, 0.05) is 12.5 Å². The Hall–Kier alpha value is -2.84. The van der Waals surface area contributed by atoms with E-state index in [0.29, 0.717) is 5.56 Å². The second-order valence-corrected chi connectivity index (χ2v) is 6.01. The van der Waals surface area contributed by atoms with Crippen LogP contribution in [0.2, 0.25) is 0 Å². The molecule has 0 aliphatic carbocycles. The molecule has 1 atom stereocenters. The topological polar surface area (TPSA) is 128 Å². The maximum Gasteiger partial charge on any atom is 0.408 e. The predicted octanol–water partition coefficient (Wildman–Crippen LogP) is 1.91. The Balaban J connectivity index is 2.95. The number of hydrogen-bond acceptors (Lipinski definition) is 7. The molecular formula is C15H20N2O7. The van der Waals surface area contributed by atoms with E-state index in [2.05, 4.69) is 10.1 Å². The molecule has 0 saturated heterocycles. The number of benzene rings is 1. The van der Waals surface area contributed by atoms with Crippen molar-refractivity contribution in [3.05, 3.63) is 33.9 Å². The smallest absolute Gasteiger partial charge is 0.408 e. The summed E-state index contributed by atoms with van der Waals surface area (Å²) < 4.78 is 9.70. The molecule has 1 amide bonds. The maximum atomic E-state index is 11.8. The Morgan fingerprint density at radius 2 is 2.00 bits per heavy atom. The van der Waals surface area contributed by atoms with Crippen LogP contribution in [0.15, 0.2) is 18.2 Å². The van der Waals surface area contributed by atoms with Gasteiger partial charge in [0.05, 0.1) is 12.0 Å². The van der Waals surface area contributed by atoms with Gasteiger partial charge in [-0.2, -0.15) is 0 Å². The lowest BCUT2D eigenvalue weighted by Gasteiger charge is -2.22. The highest BCUT2D eigenvalue weighted by Gasteiger charge is 2.26. The Morgan fingerprint density at radius 3 is 2.50 bits per heavy atom. The fraction of sp³-hybridized carbons (Fsp3) is 0.467. The fourth-order valence-corrected chi connectivity index (χ4v) is 1.86. The van der Waals surface area contributed by atoms with Crippen LogP contribution in [-0.2, 0) is 20.7 Å². The van der Waals surface area contributed by atoms with E-state index in [4.69, 9.17) is 4.74 Å². The fourth-order valence-electron chi connectivity index (χ4n) is 1.86. The van der Waals surface area contributed by atoms with Crippen molar-refractivity contribution in [1.82, 2.24) is 5.32 Å². The zero-order valence-corrected chi connectivity index (χ0v) is 13.9. The minimum absolute atomic E-state index is 0.0625. The maximum absolute atomic E-state index is 11.8. The van der Waals surface area contributed by atoms with Gasteiger partial charge in [-0.15, -0.1) is 0 Å². The Labute approximate surface area is 138 Å². The standard InChI is InChI=1S/C15H20N2O7/c1-15(2,3)24-14(20)16-10(13(19)23-4)7-9-5-6-12(18)11(8-9)17(21)22/h5-6,8,10,18H,7H2,1-4H3,(H,16,20). The van der Waals surface area contributed by atoms with Crippen molar-refractivity contribution in [2.45, 2.75) is 38.8 Å². The van der Waals surface area contributed by atoms with E-state index < -0.39 is 40.1 Å². The van der Waals surface area contributed by atoms with Crippen molar-refractivity contribution in [2.24, 2.45) is 0 Å². The summed E-state index contributed by atoms with van der Waals surface area (Å²) >= 11 is 0. The molecule has 1 unspecified atom stereocenters. The van der Waals surface area contributed by atoms with Crippen LogP contribution in [0.3, 0.4) is 0 Å². The van der Waals surface area contributed by atoms with E-state index in [1.807, 2.05) is 0 Å². The third kappa shape index (κ3) is 5.75. The number of carbonyl (C=O) groups excluding carboxylic acids is 2. The molecule has 1 rings (SSSR count). The third-order valence-corrected chi connectivity index (χ3v) is 2.85. The van der Waals surface area contributed by atoms with Crippen LogP contribution in [0.5, 0.6) is 5.75 Å². The molecule has 0 bridgehead atoms. The molecule has 24 heavy (non-hydrogen) atoms. The molecule has 0 aliphatic rings. The predicted molar refractivity (Wildman–Crippen MR) is 83.6 cm³/mol. The number of nitrogens with one attached hydrogen (secondary N) is 1. The number of ether oxygens (including phenoxy) is 2. The molecule has 2 N–H and O–H groups in total. The van der Waals surface area contributed by atoms with Gasteiger partial charge in [-0.1, -0.05) is 6.07 Å². The highest BCUT2D eigenvalue weighted by Crippen LogP contribution is 2.26. The van der Waals surface area contributed by atoms with Gasteiger partial charge in [0.25, 0.3) is 0 Å². The summed E-state index contributed by atoms with van der Waals surface area (Å²) in [4.78, 5) is 33.8. The molecule has 9 nitrogen and oxygen atoms in total. The SMILES string of the molecule is COC(=O)C(Cc1ccc(O)c([N+](=O)[O-])c1)NC(=O)OC(C)(C)C. The second kappa shape index (κ2) is 7.62. The molecule has 0 aromatic heterocycles. The average molecular weight is 340 g/mol. The lowest BCUT2D eigenvalue weighted by molar-refractivity contribution is -0.385. The first-order valence-corrected chi connectivity index (χ1v) is 7.07. The van der Waals surface area contributed by atoms with Crippen molar-refractivity contribution >= 4 is 17.7 Å². The highest BCUT2D eigenvalue weighted by molar-refractivity contribution is 5.81. The van der Waals surface area contributed by atoms with Crippen molar-refractivity contribution < 1.29 is 29.1 Å². The number of nitro groups is 1. The van der Waals surface area contributed by atoms with Crippen LogP contribution in [-0.4, -0.2) is 40.8 Å². The minimum atomic E-state index is -1.09. The lowest BCUT2D eigenvalue weighted by atomic mass is 10.0. The average Bonchev–Trinajstić information content (AvgIpc) is 2.45. The van der Waals surface area contributed by atoms with E-state index in [-0.39, 0.29) is 6.42 Å². The molecule has 0 fully saturated rings. The van der Waals surface area contributed by atoms with E-state index in [1.54, 1.807) is 20.8 Å². The van der Waals surface area contributed by atoms with E-state index in [1.165, 1.54) is 6.07 Å². The Morgan fingerprint density at radius 1 is 1.38 bits per heavy atom. The van der Waals surface area contributed by atoms with Gasteiger partial charge >= 0.3 is 17.7 Å². The minimum Gasteiger partial charge on any atom is -0.502 e. The molecule has 0 radical (unpaired) electrons. The Kier molecular flexibility index (Phi) is 6.10. The van der Waals surface area contributed by atoms with E-state index in [0.717, 1.165) is 19.2 Å². The van der Waals surface area contributed by atoms with Gasteiger partial charge in [-0.05, 0) is 32.4 Å². The number of phenolic OH excluding ortho intramolecular Hbond substituents is 1. The van der Waals surface area contributed by atoms with Crippen LogP contribution in [0.4, 0.5) is 10.5 Å². The number of nitro benzene ring substituents is 1. The van der Waals surface area contributed by atoms with E-state index in [9.17, 15) is 24.8 Å². The highest BCUT2D eigenvalue weighted by atomic mass is 16.6. The normalized spacial score (nSPS) is 12.2. The van der Waals surface area contributed by atoms with Crippen molar-refractivity contribution in [2.75, 3.05) is 7.11 Å². The van der Waals surface area contributed by atoms with Crippen molar-refractivity contribution in [3.63, 3.8) is 0 Å². The number of methoxy groups -OCH3 is 1. The monoisotopic (exact) mass is 340 g/mol. The summed E-state index contributed by atoms with van der Waals surface area (Å²) in [5, 5.41) is 22.7. The number of phenols is 1. The van der Waals surface area contributed by atoms with Crippen molar-refractivity contribution in [1.29, 1.82) is 0 Å². The van der Waals surface area contributed by atoms with Gasteiger partial charge in [0.2, 0.25) is 0 Å². The van der Waals surface area contributed by atoms with Crippen LogP contribution in [0.25, 0.3) is 0 Å². The zero-order chi connectivity index (χ0) is 18.5. The molecular weight excluding hydrogens is 320 g/mol. The lowest BCUT2D eigenvalue weighted by Crippen LogP contribution is -2.45. The summed E-state index contributed by atoms with van der Waals surface area (Å²) in [7, 11) is 1.16. The number of hydrogen-bond donors (Lipinski definition) is 2. The Bertz CT molecular complexity index is 637. The van der Waals surface area contributed by atoms with Crippen LogP contribution in [0.1, 0.15) is 26.3 Å². The molecule has 0 heterocycles. The molecule has 132 valence electrons. The summed E-state index contributed by atoms with van der Waals surface area (Å²) in [5.41, 5.74) is -0.874. The number of alkyl carbamates (subject to hydrolysis) is 1. The quantitative estimate of drug-likeness (QED) is 0.476. The van der Waals surface area contributed by atoms with Crippen molar-refractivity contribution in [3.8, 4) is 5.75 Å². The largest absolute Gasteiger partial charge is 0.502 e. The van der Waals surface area contributed by atoms with Crippen LogP contribution >= 0.6 is 0 Å².